The maximum absolute atomic E-state index is 12.6. The highest BCUT2D eigenvalue weighted by atomic mass is 79.9. The number of ketones is 1. The molecule has 2 unspecified atom stereocenters. The summed E-state index contributed by atoms with van der Waals surface area (Å²) in [4.78, 5) is 11.9. The van der Waals surface area contributed by atoms with Crippen LogP contribution in [0.15, 0.2) is 48.5 Å². The van der Waals surface area contributed by atoms with Crippen molar-refractivity contribution in [3.63, 3.8) is 0 Å². The number of benzene rings is 2. The molecule has 0 aliphatic carbocycles. The Morgan fingerprint density at radius 3 is 2.23 bits per heavy atom. The summed E-state index contributed by atoms with van der Waals surface area (Å²) in [5.74, 6) is 1.26. The molecule has 0 radical (unpaired) electrons. The second-order valence-electron chi connectivity index (χ2n) is 4.62. The third-order valence-corrected chi connectivity index (χ3v) is 5.97. The number of rotatable bonds is 6. The lowest BCUT2D eigenvalue weighted by atomic mass is 10.0. The van der Waals surface area contributed by atoms with E-state index in [2.05, 4.69) is 31.9 Å². The monoisotopic (exact) mass is 426 g/mol. The van der Waals surface area contributed by atoms with Gasteiger partial charge in [-0.05, 0) is 6.07 Å². The minimum absolute atomic E-state index is 0.00680. The van der Waals surface area contributed by atoms with Gasteiger partial charge in [0.1, 0.15) is 0 Å². The number of hydrogen-bond donors (Lipinski definition) is 0. The molecule has 0 aromatic heterocycles. The van der Waals surface area contributed by atoms with Crippen molar-refractivity contribution in [3.05, 3.63) is 59.7 Å². The van der Waals surface area contributed by atoms with Gasteiger partial charge in [0.05, 0.1) is 23.9 Å². The van der Waals surface area contributed by atoms with Crippen molar-refractivity contribution in [3.8, 4) is 11.5 Å². The first-order valence-electron chi connectivity index (χ1n) is 6.68. The van der Waals surface area contributed by atoms with Crippen molar-refractivity contribution in [1.29, 1.82) is 0 Å². The normalized spacial score (nSPS) is 13.3. The smallest absolute Gasteiger partial charge is 0.177 e. The fraction of sp³-hybridized carbons (Fsp3) is 0.235. The lowest BCUT2D eigenvalue weighted by Crippen LogP contribution is -2.19. The molecule has 0 spiro atoms. The van der Waals surface area contributed by atoms with E-state index in [1.165, 1.54) is 0 Å². The minimum atomic E-state index is -0.420. The van der Waals surface area contributed by atoms with Gasteiger partial charge in [-0.15, -0.1) is 0 Å². The van der Waals surface area contributed by atoms with Crippen molar-refractivity contribution in [1.82, 2.24) is 0 Å². The van der Waals surface area contributed by atoms with E-state index >= 15 is 0 Å². The van der Waals surface area contributed by atoms with Crippen molar-refractivity contribution in [2.75, 3.05) is 14.2 Å². The number of alkyl halides is 2. The fourth-order valence-electron chi connectivity index (χ4n) is 2.18. The van der Waals surface area contributed by atoms with E-state index in [9.17, 15) is 4.79 Å². The molecule has 2 aromatic carbocycles. The molecule has 0 heterocycles. The van der Waals surface area contributed by atoms with Crippen molar-refractivity contribution >= 4 is 37.6 Å². The van der Waals surface area contributed by atoms with Gasteiger partial charge in [-0.3, -0.25) is 4.79 Å². The van der Waals surface area contributed by atoms with E-state index in [4.69, 9.17) is 9.47 Å². The molecule has 0 saturated heterocycles. The van der Waals surface area contributed by atoms with Crippen LogP contribution < -0.4 is 9.47 Å². The van der Waals surface area contributed by atoms with E-state index < -0.39 is 4.83 Å². The summed E-state index contributed by atoms with van der Waals surface area (Å²) in [5.41, 5.74) is 1.52. The minimum Gasteiger partial charge on any atom is -0.493 e. The summed E-state index contributed by atoms with van der Waals surface area (Å²) >= 11 is 7.10. The predicted molar refractivity (Wildman–Crippen MR) is 94.7 cm³/mol. The second-order valence-corrected chi connectivity index (χ2v) is 6.59. The standard InChI is InChI=1S/C17H16Br2O3/c1-21-13-10-6-9-12(17(13)22-2)14(18)15(19)16(20)11-7-4-3-5-8-11/h3-10,14-15H,1-2H3. The predicted octanol–water partition coefficient (Wildman–Crippen LogP) is 4.79. The van der Waals surface area contributed by atoms with Crippen LogP contribution in [0.1, 0.15) is 20.7 Å². The summed E-state index contributed by atoms with van der Waals surface area (Å²) < 4.78 is 10.7. The van der Waals surface area contributed by atoms with Crippen LogP contribution >= 0.6 is 31.9 Å². The van der Waals surface area contributed by atoms with Crippen LogP contribution in [-0.2, 0) is 0 Å². The Morgan fingerprint density at radius 1 is 0.955 bits per heavy atom. The number of para-hydroxylation sites is 1. The van der Waals surface area contributed by atoms with Crippen LogP contribution in [-0.4, -0.2) is 24.8 Å². The lowest BCUT2D eigenvalue weighted by Gasteiger charge is -2.20. The summed E-state index contributed by atoms with van der Waals surface area (Å²) in [7, 11) is 3.18. The van der Waals surface area contributed by atoms with E-state index in [-0.39, 0.29) is 10.6 Å². The van der Waals surface area contributed by atoms with Gasteiger partial charge in [0, 0.05) is 11.1 Å². The number of hydrogen-bond acceptors (Lipinski definition) is 3. The maximum Gasteiger partial charge on any atom is 0.177 e. The highest BCUT2D eigenvalue weighted by molar-refractivity contribution is 9.12. The van der Waals surface area contributed by atoms with Crippen molar-refractivity contribution in [2.24, 2.45) is 0 Å². The Kier molecular flexibility index (Phi) is 6.03. The van der Waals surface area contributed by atoms with Crippen LogP contribution in [0, 0.1) is 0 Å². The molecule has 0 aliphatic rings. The van der Waals surface area contributed by atoms with Crippen LogP contribution in [0.2, 0.25) is 0 Å². The quantitative estimate of drug-likeness (QED) is 0.491. The molecule has 116 valence electrons. The third kappa shape index (κ3) is 3.52. The SMILES string of the molecule is COc1cccc(C(Br)C(Br)C(=O)c2ccccc2)c1OC. The molecule has 0 bridgehead atoms. The maximum atomic E-state index is 12.6. The molecule has 22 heavy (non-hydrogen) atoms. The van der Waals surface area contributed by atoms with Crippen molar-refractivity contribution < 1.29 is 14.3 Å². The summed E-state index contributed by atoms with van der Waals surface area (Å²) in [6.45, 7) is 0. The Bertz CT molecular complexity index is 644. The van der Waals surface area contributed by atoms with E-state index in [0.29, 0.717) is 17.1 Å². The first kappa shape index (κ1) is 17.0. The Balaban J connectivity index is 2.31. The number of carbonyl (C=O) groups excluding carboxylic acids is 1. The summed E-state index contributed by atoms with van der Waals surface area (Å²) in [6, 6.07) is 14.8. The summed E-state index contributed by atoms with van der Waals surface area (Å²) in [5, 5.41) is 0. The topological polar surface area (TPSA) is 35.5 Å². The first-order valence-corrected chi connectivity index (χ1v) is 8.51. The Labute approximate surface area is 146 Å². The number of halogens is 2. The molecule has 2 aromatic rings. The van der Waals surface area contributed by atoms with Crippen LogP contribution in [0.4, 0.5) is 0 Å². The number of carbonyl (C=O) groups is 1. The Hall–Kier alpha value is -1.33. The Morgan fingerprint density at radius 2 is 1.64 bits per heavy atom. The molecule has 0 aliphatic heterocycles. The number of Topliss-reactive ketones (excluding diaryl/α,β-unsaturated/α-hetero) is 1. The number of ether oxygens (including phenoxy) is 2. The van der Waals surface area contributed by atoms with Gasteiger partial charge in [-0.2, -0.15) is 0 Å². The van der Waals surface area contributed by atoms with Crippen LogP contribution in [0.3, 0.4) is 0 Å². The molecule has 0 N–H and O–H groups in total. The molecular weight excluding hydrogens is 412 g/mol. The lowest BCUT2D eigenvalue weighted by molar-refractivity contribution is 0.0990. The second kappa shape index (κ2) is 7.79. The average Bonchev–Trinajstić information content (AvgIpc) is 2.59. The van der Waals surface area contributed by atoms with Gasteiger partial charge in [0.15, 0.2) is 17.3 Å². The molecule has 5 heteroatoms. The molecule has 0 saturated carbocycles. The van der Waals surface area contributed by atoms with Gasteiger partial charge in [-0.25, -0.2) is 0 Å². The van der Waals surface area contributed by atoms with Gasteiger partial charge < -0.3 is 9.47 Å². The molecule has 2 rings (SSSR count). The highest BCUT2D eigenvalue weighted by Crippen LogP contribution is 2.42. The van der Waals surface area contributed by atoms with E-state index in [0.717, 1.165) is 5.56 Å². The number of methoxy groups -OCH3 is 2. The fourth-order valence-corrected chi connectivity index (χ4v) is 3.33. The van der Waals surface area contributed by atoms with Gasteiger partial charge >= 0.3 is 0 Å². The zero-order valence-corrected chi connectivity index (χ0v) is 15.4. The van der Waals surface area contributed by atoms with Gasteiger partial charge in [0.25, 0.3) is 0 Å². The van der Waals surface area contributed by atoms with Crippen LogP contribution in [0.25, 0.3) is 0 Å². The zero-order valence-electron chi connectivity index (χ0n) is 12.3. The van der Waals surface area contributed by atoms with Gasteiger partial charge in [-0.1, -0.05) is 74.3 Å². The van der Waals surface area contributed by atoms with Crippen LogP contribution in [0.5, 0.6) is 11.5 Å². The third-order valence-electron chi connectivity index (χ3n) is 3.30. The largest absolute Gasteiger partial charge is 0.493 e. The molecule has 3 nitrogen and oxygen atoms in total. The van der Waals surface area contributed by atoms with E-state index in [1.807, 2.05) is 36.4 Å². The van der Waals surface area contributed by atoms with Gasteiger partial charge in [0.2, 0.25) is 0 Å². The molecular formula is C17H16Br2O3. The van der Waals surface area contributed by atoms with Crippen molar-refractivity contribution in [2.45, 2.75) is 9.65 Å². The highest BCUT2D eigenvalue weighted by Gasteiger charge is 2.29. The molecule has 2 atom stereocenters. The molecule has 0 fully saturated rings. The summed E-state index contributed by atoms with van der Waals surface area (Å²) in [6.07, 6.45) is 0. The zero-order chi connectivity index (χ0) is 16.1. The average molecular weight is 428 g/mol. The molecule has 0 amide bonds. The first-order chi connectivity index (χ1) is 10.6. The van der Waals surface area contributed by atoms with E-state index in [1.54, 1.807) is 26.4 Å².